The predicted octanol–water partition coefficient (Wildman–Crippen LogP) is 5.81. The summed E-state index contributed by atoms with van der Waals surface area (Å²) in [6.45, 7) is 10.0. The summed E-state index contributed by atoms with van der Waals surface area (Å²) in [5, 5.41) is 11.5. The molecular weight excluding hydrogens is 588 g/mol. The van der Waals surface area contributed by atoms with E-state index in [1.165, 1.54) is 12.5 Å². The second-order valence-electron chi connectivity index (χ2n) is 14.3. The Bertz CT molecular complexity index is 1760. The first kappa shape index (κ1) is 31.3. The molecule has 1 saturated heterocycles. The number of phenols is 1. The summed E-state index contributed by atoms with van der Waals surface area (Å²) < 4.78 is 12.7. The van der Waals surface area contributed by atoms with Crippen molar-refractivity contribution in [3.05, 3.63) is 88.5 Å². The largest absolute Gasteiger partial charge is 0.508 e. The van der Waals surface area contributed by atoms with Crippen LogP contribution in [0.5, 0.6) is 17.2 Å². The van der Waals surface area contributed by atoms with Crippen molar-refractivity contribution in [3.8, 4) is 29.1 Å². The lowest BCUT2D eigenvalue weighted by atomic mass is 9.50. The highest BCUT2D eigenvalue weighted by Crippen LogP contribution is 2.65. The highest BCUT2D eigenvalue weighted by molar-refractivity contribution is 5.94. The highest BCUT2D eigenvalue weighted by atomic mass is 16.6. The van der Waals surface area contributed by atoms with Crippen molar-refractivity contribution in [2.24, 2.45) is 11.8 Å². The Morgan fingerprint density at radius 3 is 2.68 bits per heavy atom. The van der Waals surface area contributed by atoms with Gasteiger partial charge in [-0.1, -0.05) is 62.2 Å². The minimum atomic E-state index is -0.461. The lowest BCUT2D eigenvalue weighted by Gasteiger charge is -2.60. The van der Waals surface area contributed by atoms with E-state index in [4.69, 9.17) is 9.47 Å². The monoisotopic (exact) mass is 632 g/mol. The quantitative estimate of drug-likeness (QED) is 0.201. The summed E-state index contributed by atoms with van der Waals surface area (Å²) in [5.41, 5.74) is 4.72. The topological polar surface area (TPSA) is 79.3 Å². The predicted molar refractivity (Wildman–Crippen MR) is 180 cm³/mol. The molecule has 2 aliphatic carbocycles. The van der Waals surface area contributed by atoms with Crippen molar-refractivity contribution in [1.29, 1.82) is 0 Å². The lowest BCUT2D eigenvalue weighted by Crippen LogP contribution is -2.69. The molecule has 244 valence electrons. The first-order chi connectivity index (χ1) is 22.7. The number of esters is 1. The van der Waals surface area contributed by atoms with Crippen LogP contribution in [0.1, 0.15) is 67.9 Å². The molecule has 0 radical (unpaired) electrons. The van der Waals surface area contributed by atoms with Crippen molar-refractivity contribution < 1.29 is 24.2 Å². The number of phenolic OH excluding ortho intramolecular Hbond substituents is 1. The number of piperidine rings is 1. The summed E-state index contributed by atoms with van der Waals surface area (Å²) in [6.07, 6.45) is 3.91. The van der Waals surface area contributed by atoms with Gasteiger partial charge in [-0.25, -0.2) is 0 Å². The summed E-state index contributed by atoms with van der Waals surface area (Å²) >= 11 is 0. The van der Waals surface area contributed by atoms with Gasteiger partial charge in [-0.3, -0.25) is 14.5 Å². The minimum absolute atomic E-state index is 0.151. The van der Waals surface area contributed by atoms with Gasteiger partial charge < -0.3 is 19.5 Å². The number of benzene rings is 3. The summed E-state index contributed by atoms with van der Waals surface area (Å²) in [4.78, 5) is 30.8. The van der Waals surface area contributed by atoms with E-state index in [1.807, 2.05) is 36.1 Å². The van der Waals surface area contributed by atoms with E-state index in [0.29, 0.717) is 18.7 Å². The number of hydrogen-bond acceptors (Lipinski definition) is 6. The number of rotatable bonds is 7. The molecule has 7 rings (SSSR count). The number of amides is 1. The molecule has 2 bridgehead atoms. The molecule has 1 saturated carbocycles. The molecule has 4 aliphatic rings. The maximum absolute atomic E-state index is 14.0. The van der Waals surface area contributed by atoms with Crippen molar-refractivity contribution in [1.82, 2.24) is 9.80 Å². The second kappa shape index (κ2) is 12.4. The zero-order valence-electron chi connectivity index (χ0n) is 27.8. The van der Waals surface area contributed by atoms with Gasteiger partial charge in [0.15, 0.2) is 11.5 Å². The number of aryl methyl sites for hydroxylation is 1. The zero-order valence-corrected chi connectivity index (χ0v) is 27.8. The molecule has 7 heteroatoms. The zero-order chi connectivity index (χ0) is 32.9. The highest BCUT2D eigenvalue weighted by Gasteiger charge is 2.67. The number of likely N-dealkylation sites (tertiary alicyclic amines) is 1. The van der Waals surface area contributed by atoms with Gasteiger partial charge in [-0.15, -0.1) is 0 Å². The van der Waals surface area contributed by atoms with Crippen LogP contribution in [0.3, 0.4) is 0 Å². The van der Waals surface area contributed by atoms with Crippen LogP contribution < -0.4 is 9.47 Å². The Balaban J connectivity index is 1.28. The van der Waals surface area contributed by atoms with Gasteiger partial charge in [0, 0.05) is 60.1 Å². The molecule has 47 heavy (non-hydrogen) atoms. The fourth-order valence-corrected chi connectivity index (χ4v) is 9.08. The normalized spacial score (nSPS) is 25.3. The van der Waals surface area contributed by atoms with Crippen molar-refractivity contribution in [3.63, 3.8) is 0 Å². The van der Waals surface area contributed by atoms with E-state index in [-0.39, 0.29) is 47.4 Å². The molecule has 7 nitrogen and oxygen atoms in total. The average Bonchev–Trinajstić information content (AvgIpc) is 3.38. The molecule has 2 fully saturated rings. The third-order valence-corrected chi connectivity index (χ3v) is 10.8. The summed E-state index contributed by atoms with van der Waals surface area (Å²) in [5.74, 6) is 6.92. The Morgan fingerprint density at radius 1 is 1.13 bits per heavy atom. The van der Waals surface area contributed by atoms with Crippen molar-refractivity contribution in [2.45, 2.75) is 83.4 Å². The molecule has 2 aliphatic heterocycles. The first-order valence-corrected chi connectivity index (χ1v) is 17.1. The van der Waals surface area contributed by atoms with E-state index in [2.05, 4.69) is 60.9 Å². The molecule has 0 unspecified atom stereocenters. The number of nitrogens with zero attached hydrogens (tertiary/aromatic N) is 2. The van der Waals surface area contributed by atoms with Gasteiger partial charge >= 0.3 is 5.97 Å². The Hall–Kier alpha value is -4.28. The van der Waals surface area contributed by atoms with E-state index >= 15 is 0 Å². The molecule has 3 aromatic rings. The number of carbonyl (C=O) groups is 2. The van der Waals surface area contributed by atoms with Crippen LogP contribution in [0.2, 0.25) is 0 Å². The molecule has 5 atom stereocenters. The summed E-state index contributed by atoms with van der Waals surface area (Å²) in [7, 11) is 0. The van der Waals surface area contributed by atoms with Crippen LogP contribution in [0.15, 0.2) is 60.7 Å². The molecule has 3 aromatic carbocycles. The Labute approximate surface area is 277 Å². The van der Waals surface area contributed by atoms with Gasteiger partial charge in [0.25, 0.3) is 5.91 Å². The Morgan fingerprint density at radius 2 is 1.94 bits per heavy atom. The van der Waals surface area contributed by atoms with Crippen LogP contribution in [0.4, 0.5) is 0 Å². The first-order valence-electron chi connectivity index (χ1n) is 17.1. The maximum Gasteiger partial charge on any atom is 0.308 e. The summed E-state index contributed by atoms with van der Waals surface area (Å²) in [6, 6.07) is 20.1. The van der Waals surface area contributed by atoms with Crippen LogP contribution in [-0.2, 0) is 27.8 Å². The third-order valence-electron chi connectivity index (χ3n) is 10.8. The molecule has 1 amide bonds. The molecule has 1 N–H and O–H groups in total. The van der Waals surface area contributed by atoms with Gasteiger partial charge in [0.2, 0.25) is 0 Å². The SMILES string of the molecule is CC(=O)Oc1cc(O)c2c3c1O[C@H]1[C@H](N(CC(C)C)C(=O)C#Cc4cccc(C)c4)CC[C@H]4[C@@H](C2)N(CCc2ccccc2)CC[C@@]341. The maximum atomic E-state index is 14.0. The molecular formula is C40H44N2O5. The van der Waals surface area contributed by atoms with Crippen LogP contribution in [0, 0.1) is 30.6 Å². The van der Waals surface area contributed by atoms with Crippen LogP contribution in [0.25, 0.3) is 0 Å². The lowest BCUT2D eigenvalue weighted by molar-refractivity contribution is -0.137. The number of aromatic hydroxyl groups is 1. The average molecular weight is 633 g/mol. The van der Waals surface area contributed by atoms with Gasteiger partial charge in [-0.2, -0.15) is 0 Å². The minimum Gasteiger partial charge on any atom is -0.508 e. The number of hydrogen-bond donors (Lipinski definition) is 1. The van der Waals surface area contributed by atoms with E-state index in [1.54, 1.807) is 6.07 Å². The van der Waals surface area contributed by atoms with Crippen molar-refractivity contribution in [2.75, 3.05) is 19.6 Å². The number of carbonyl (C=O) groups excluding carboxylic acids is 2. The van der Waals surface area contributed by atoms with Gasteiger partial charge in [-0.05, 0) is 80.7 Å². The van der Waals surface area contributed by atoms with Crippen molar-refractivity contribution >= 4 is 11.9 Å². The second-order valence-corrected chi connectivity index (χ2v) is 14.3. The van der Waals surface area contributed by atoms with E-state index in [9.17, 15) is 14.7 Å². The standard InChI is InChI=1S/C40H44N2O5/c1-25(2)24-42(36(45)16-13-29-12-8-9-26(3)21-29)32-15-14-31-33-22-30-34(44)23-35(46-27(4)43)38-37(30)40(31,39(32)47-38)18-20-41(33)19-17-28-10-6-5-7-11-28/h5-12,21,23,25,31-33,39,44H,14-15,17-20,22,24H2,1-4H3/t31-,32+,33+,39-,40-/m0/s1. The Kier molecular flexibility index (Phi) is 8.26. The van der Waals surface area contributed by atoms with Crippen LogP contribution >= 0.6 is 0 Å². The third kappa shape index (κ3) is 5.57. The smallest absolute Gasteiger partial charge is 0.308 e. The van der Waals surface area contributed by atoms with Crippen LogP contribution in [-0.4, -0.2) is 64.6 Å². The van der Waals surface area contributed by atoms with E-state index < -0.39 is 11.4 Å². The van der Waals surface area contributed by atoms with Gasteiger partial charge in [0.1, 0.15) is 11.9 Å². The number of ether oxygens (including phenoxy) is 2. The van der Waals surface area contributed by atoms with E-state index in [0.717, 1.165) is 61.0 Å². The molecule has 2 heterocycles. The fourth-order valence-electron chi connectivity index (χ4n) is 9.08. The fraction of sp³-hybridized carbons (Fsp3) is 0.450. The molecule has 0 aromatic heterocycles. The van der Waals surface area contributed by atoms with Gasteiger partial charge in [0.05, 0.1) is 6.04 Å². The molecule has 1 spiro atoms.